The van der Waals surface area contributed by atoms with Crippen LogP contribution in [0.3, 0.4) is 0 Å². The topological polar surface area (TPSA) is 118 Å². The van der Waals surface area contributed by atoms with Crippen molar-refractivity contribution in [2.24, 2.45) is 0 Å². The molecule has 0 aliphatic carbocycles. The highest BCUT2D eigenvalue weighted by molar-refractivity contribution is 6.14. The van der Waals surface area contributed by atoms with Crippen molar-refractivity contribution >= 4 is 28.4 Å². The first kappa shape index (κ1) is 12.5. The van der Waals surface area contributed by atoms with Gasteiger partial charge in [0.2, 0.25) is 0 Å². The molecule has 0 heterocycles. The Bertz CT molecular complexity index is 721. The second kappa shape index (κ2) is 4.37. The van der Waals surface area contributed by atoms with E-state index in [-0.39, 0.29) is 10.8 Å². The minimum Gasteiger partial charge on any atom is -0.478 e. The molecule has 0 radical (unpaired) electrons. The number of carboxylic acid groups (broad SMARTS) is 2. The van der Waals surface area contributed by atoms with Gasteiger partial charge >= 0.3 is 11.9 Å². The molecule has 0 aromatic heterocycles. The van der Waals surface area contributed by atoms with Crippen LogP contribution in [0.1, 0.15) is 20.7 Å². The molecule has 0 saturated heterocycles. The van der Waals surface area contributed by atoms with Gasteiger partial charge in [0.15, 0.2) is 0 Å². The summed E-state index contributed by atoms with van der Waals surface area (Å²) >= 11 is 0. The zero-order chi connectivity index (χ0) is 14.2. The van der Waals surface area contributed by atoms with Crippen molar-refractivity contribution in [3.63, 3.8) is 0 Å². The van der Waals surface area contributed by atoms with Gasteiger partial charge in [-0.3, -0.25) is 10.1 Å². The predicted molar refractivity (Wildman–Crippen MR) is 64.5 cm³/mol. The fourth-order valence-electron chi connectivity index (χ4n) is 1.91. The maximum Gasteiger partial charge on any atom is 0.337 e. The first-order chi connectivity index (χ1) is 8.93. The van der Waals surface area contributed by atoms with Crippen LogP contribution in [0.25, 0.3) is 10.8 Å². The Morgan fingerprint density at radius 2 is 1.63 bits per heavy atom. The summed E-state index contributed by atoms with van der Waals surface area (Å²) in [6, 6.07) is 6.50. The quantitative estimate of drug-likeness (QED) is 0.645. The van der Waals surface area contributed by atoms with Crippen molar-refractivity contribution in [1.29, 1.82) is 0 Å². The van der Waals surface area contributed by atoms with E-state index in [0.717, 1.165) is 6.07 Å². The van der Waals surface area contributed by atoms with Crippen molar-refractivity contribution in [2.45, 2.75) is 0 Å². The summed E-state index contributed by atoms with van der Waals surface area (Å²) in [5.74, 6) is -2.96. The van der Waals surface area contributed by atoms with E-state index < -0.39 is 33.7 Å². The first-order valence-electron chi connectivity index (χ1n) is 5.10. The van der Waals surface area contributed by atoms with Gasteiger partial charge in [-0.2, -0.15) is 0 Å². The molecule has 0 aliphatic heterocycles. The second-order valence-corrected chi connectivity index (χ2v) is 3.73. The molecule has 7 nitrogen and oxygen atoms in total. The lowest BCUT2D eigenvalue weighted by molar-refractivity contribution is -0.383. The van der Waals surface area contributed by atoms with Crippen LogP contribution in [0, 0.1) is 10.1 Å². The number of carboxylic acids is 2. The van der Waals surface area contributed by atoms with Gasteiger partial charge in [0.05, 0.1) is 21.4 Å². The zero-order valence-electron chi connectivity index (χ0n) is 9.36. The maximum absolute atomic E-state index is 11.2. The normalized spacial score (nSPS) is 10.3. The Hall–Kier alpha value is -2.96. The Balaban J connectivity index is 3.03. The molecule has 0 aliphatic rings. The number of rotatable bonds is 3. The van der Waals surface area contributed by atoms with Gasteiger partial charge in [0.1, 0.15) is 0 Å². The number of carbonyl (C=O) groups is 2. The van der Waals surface area contributed by atoms with Crippen molar-refractivity contribution < 1.29 is 24.7 Å². The van der Waals surface area contributed by atoms with Crippen LogP contribution in [0.15, 0.2) is 30.3 Å². The van der Waals surface area contributed by atoms with E-state index in [4.69, 9.17) is 10.2 Å². The highest BCUT2D eigenvalue weighted by Crippen LogP contribution is 2.31. The molecule has 2 N–H and O–H groups in total. The molecule has 2 aromatic rings. The number of non-ortho nitro benzene ring substituents is 1. The third-order valence-corrected chi connectivity index (χ3v) is 2.66. The third-order valence-electron chi connectivity index (χ3n) is 2.66. The van der Waals surface area contributed by atoms with E-state index in [0.29, 0.717) is 0 Å². The number of benzene rings is 2. The van der Waals surface area contributed by atoms with E-state index in [1.54, 1.807) is 0 Å². The summed E-state index contributed by atoms with van der Waals surface area (Å²) in [5, 5.41) is 29.2. The third kappa shape index (κ3) is 1.97. The lowest BCUT2D eigenvalue weighted by Gasteiger charge is -2.07. The molecule has 0 saturated carbocycles. The van der Waals surface area contributed by atoms with Gasteiger partial charge in [-0.1, -0.05) is 18.2 Å². The van der Waals surface area contributed by atoms with Gasteiger partial charge in [0, 0.05) is 11.5 Å². The monoisotopic (exact) mass is 261 g/mol. The summed E-state index contributed by atoms with van der Waals surface area (Å²) < 4.78 is 0. The van der Waals surface area contributed by atoms with Crippen LogP contribution in [-0.4, -0.2) is 27.1 Å². The first-order valence-corrected chi connectivity index (χ1v) is 5.10. The van der Waals surface area contributed by atoms with E-state index in [1.807, 2.05) is 0 Å². The fraction of sp³-hybridized carbons (Fsp3) is 0. The molecule has 2 rings (SSSR count). The lowest BCUT2D eigenvalue weighted by atomic mass is 9.97. The van der Waals surface area contributed by atoms with E-state index in [9.17, 15) is 19.7 Å². The van der Waals surface area contributed by atoms with Crippen molar-refractivity contribution in [2.75, 3.05) is 0 Å². The van der Waals surface area contributed by atoms with Gasteiger partial charge in [-0.25, -0.2) is 9.59 Å². The van der Waals surface area contributed by atoms with E-state index >= 15 is 0 Å². The highest BCUT2D eigenvalue weighted by atomic mass is 16.6. The summed E-state index contributed by atoms with van der Waals surface area (Å²) in [6.07, 6.45) is 0. The SMILES string of the molecule is O=C(O)c1cc([N+](=O)[O-])c2ccccc2c1C(=O)O. The molecule has 96 valence electrons. The van der Waals surface area contributed by atoms with Gasteiger partial charge < -0.3 is 10.2 Å². The van der Waals surface area contributed by atoms with Gasteiger partial charge in [0.25, 0.3) is 5.69 Å². The number of hydrogen-bond donors (Lipinski definition) is 2. The van der Waals surface area contributed by atoms with Crippen molar-refractivity contribution in [1.82, 2.24) is 0 Å². The lowest BCUT2D eigenvalue weighted by Crippen LogP contribution is -2.10. The Morgan fingerprint density at radius 3 is 2.11 bits per heavy atom. The highest BCUT2D eigenvalue weighted by Gasteiger charge is 2.25. The number of aromatic carboxylic acids is 2. The van der Waals surface area contributed by atoms with Gasteiger partial charge in [-0.15, -0.1) is 0 Å². The molecule has 0 spiro atoms. The number of nitrogens with zero attached hydrogens (tertiary/aromatic N) is 1. The standard InChI is InChI=1S/C12H7NO6/c14-11(15)8-5-9(13(18)19)6-3-1-2-4-7(6)10(8)12(16)17/h1-5H,(H,14,15)(H,16,17). The molecular formula is C12H7NO6. The number of nitro groups is 1. The summed E-state index contributed by atoms with van der Waals surface area (Å²) in [4.78, 5) is 32.4. The molecule has 2 aromatic carbocycles. The number of hydrogen-bond acceptors (Lipinski definition) is 4. The van der Waals surface area contributed by atoms with Crippen LogP contribution in [0.2, 0.25) is 0 Å². The average molecular weight is 261 g/mol. The largest absolute Gasteiger partial charge is 0.478 e. The maximum atomic E-state index is 11.2. The van der Waals surface area contributed by atoms with Crippen LogP contribution in [0.5, 0.6) is 0 Å². The molecule has 7 heteroatoms. The minimum atomic E-state index is -1.52. The van der Waals surface area contributed by atoms with E-state index in [1.165, 1.54) is 24.3 Å². The Labute approximate surface area is 105 Å². The van der Waals surface area contributed by atoms with Gasteiger partial charge in [-0.05, 0) is 6.07 Å². The summed E-state index contributed by atoms with van der Waals surface area (Å²) in [5.41, 5.74) is -1.48. The summed E-state index contributed by atoms with van der Waals surface area (Å²) in [7, 11) is 0. The molecule has 0 fully saturated rings. The number of nitro benzene ring substituents is 1. The Kier molecular flexibility index (Phi) is 2.88. The van der Waals surface area contributed by atoms with Crippen molar-refractivity contribution in [3.05, 3.63) is 51.6 Å². The second-order valence-electron chi connectivity index (χ2n) is 3.73. The minimum absolute atomic E-state index is 0.0293. The zero-order valence-corrected chi connectivity index (χ0v) is 9.36. The molecular weight excluding hydrogens is 254 g/mol. The van der Waals surface area contributed by atoms with Crippen molar-refractivity contribution in [3.8, 4) is 0 Å². The molecule has 0 atom stereocenters. The van der Waals surface area contributed by atoms with Crippen LogP contribution in [0.4, 0.5) is 5.69 Å². The number of fused-ring (bicyclic) bond motifs is 1. The molecule has 0 amide bonds. The molecule has 19 heavy (non-hydrogen) atoms. The van der Waals surface area contributed by atoms with Crippen LogP contribution < -0.4 is 0 Å². The van der Waals surface area contributed by atoms with Crippen LogP contribution in [-0.2, 0) is 0 Å². The smallest absolute Gasteiger partial charge is 0.337 e. The molecule has 0 bridgehead atoms. The predicted octanol–water partition coefficient (Wildman–Crippen LogP) is 2.14. The van der Waals surface area contributed by atoms with E-state index in [2.05, 4.69) is 0 Å². The average Bonchev–Trinajstić information content (AvgIpc) is 2.35. The fourth-order valence-corrected chi connectivity index (χ4v) is 1.91. The summed E-state index contributed by atoms with van der Waals surface area (Å²) in [6.45, 7) is 0. The Morgan fingerprint density at radius 1 is 1.05 bits per heavy atom. The van der Waals surface area contributed by atoms with Crippen LogP contribution >= 0.6 is 0 Å². The molecule has 0 unspecified atom stereocenters.